The van der Waals surface area contributed by atoms with E-state index in [1.165, 1.54) is 5.56 Å². The Kier molecular flexibility index (Phi) is 4.25. The molecule has 1 aliphatic heterocycles. The van der Waals surface area contributed by atoms with E-state index in [1.54, 1.807) is 11.1 Å². The molecule has 4 nitrogen and oxygen atoms in total. The van der Waals surface area contributed by atoms with Crippen molar-refractivity contribution >= 4 is 18.3 Å². The maximum Gasteiger partial charge on any atom is 0.343 e. The third-order valence-electron chi connectivity index (χ3n) is 2.88. The van der Waals surface area contributed by atoms with Gasteiger partial charge in [-0.1, -0.05) is 36.9 Å². The molecule has 1 heterocycles. The summed E-state index contributed by atoms with van der Waals surface area (Å²) in [6, 6.07) is 8.11. The van der Waals surface area contributed by atoms with Crippen LogP contribution in [0.5, 0.6) is 0 Å². The molecule has 0 fully saturated rings. The van der Waals surface area contributed by atoms with Crippen molar-refractivity contribution in [3.8, 4) is 0 Å². The van der Waals surface area contributed by atoms with Crippen molar-refractivity contribution < 1.29 is 4.79 Å². The van der Waals surface area contributed by atoms with E-state index in [4.69, 9.17) is 0 Å². The lowest BCUT2D eigenvalue weighted by Crippen LogP contribution is -2.32. The fourth-order valence-electron chi connectivity index (χ4n) is 1.78. The molecule has 0 atom stereocenters. The van der Waals surface area contributed by atoms with E-state index in [2.05, 4.69) is 29.0 Å². The average Bonchev–Trinajstić information content (AvgIpc) is 2.81. The first-order chi connectivity index (χ1) is 8.79. The molecule has 0 bridgehead atoms. The van der Waals surface area contributed by atoms with Crippen LogP contribution in [-0.4, -0.2) is 36.8 Å². The maximum absolute atomic E-state index is 11.2. The van der Waals surface area contributed by atoms with Gasteiger partial charge >= 0.3 is 6.03 Å². The number of aliphatic imine (C=N–C) groups is 1. The number of carbonyl (C=O) groups excluding carboxylic acids is 1. The van der Waals surface area contributed by atoms with Gasteiger partial charge in [0.25, 0.3) is 0 Å². The molecular formula is C14H17N3O. The fraction of sp³-hybridized carbons (Fsp3) is 0.286. The van der Waals surface area contributed by atoms with Gasteiger partial charge in [-0.05, 0) is 11.1 Å². The molecular weight excluding hydrogens is 226 g/mol. The molecule has 1 N–H and O–H groups in total. The van der Waals surface area contributed by atoms with Crippen molar-refractivity contribution in [3.05, 3.63) is 42.0 Å². The predicted octanol–water partition coefficient (Wildman–Crippen LogP) is 1.93. The van der Waals surface area contributed by atoms with Crippen molar-refractivity contribution in [1.82, 2.24) is 10.2 Å². The van der Waals surface area contributed by atoms with E-state index in [0.29, 0.717) is 13.1 Å². The molecule has 0 saturated carbocycles. The van der Waals surface area contributed by atoms with Crippen molar-refractivity contribution in [2.45, 2.75) is 6.54 Å². The molecule has 94 valence electrons. The number of urea groups is 1. The zero-order valence-electron chi connectivity index (χ0n) is 10.3. The summed E-state index contributed by atoms with van der Waals surface area (Å²) in [5, 5.41) is 3.31. The van der Waals surface area contributed by atoms with Crippen molar-refractivity contribution in [1.29, 1.82) is 0 Å². The first-order valence-corrected chi connectivity index (χ1v) is 6.03. The number of hydrogen-bond donors (Lipinski definition) is 1. The second-order valence-corrected chi connectivity index (χ2v) is 4.16. The van der Waals surface area contributed by atoms with Gasteiger partial charge in [0.2, 0.25) is 0 Å². The minimum absolute atomic E-state index is 0.132. The topological polar surface area (TPSA) is 44.7 Å². The number of carbonyl (C=O) groups is 1. The summed E-state index contributed by atoms with van der Waals surface area (Å²) in [5.74, 6) is 0. The molecule has 0 spiro atoms. The average molecular weight is 243 g/mol. The van der Waals surface area contributed by atoms with Gasteiger partial charge in [0.1, 0.15) is 0 Å². The van der Waals surface area contributed by atoms with E-state index in [0.717, 1.165) is 18.7 Å². The van der Waals surface area contributed by atoms with Crippen LogP contribution in [0.4, 0.5) is 4.79 Å². The lowest BCUT2D eigenvalue weighted by atomic mass is 10.1. The van der Waals surface area contributed by atoms with Crippen LogP contribution in [0.15, 0.2) is 35.8 Å². The molecule has 1 aromatic rings. The molecule has 2 rings (SSSR count). The number of nitrogens with one attached hydrogen (secondary N) is 1. The van der Waals surface area contributed by atoms with Crippen molar-refractivity contribution in [3.63, 3.8) is 0 Å². The van der Waals surface area contributed by atoms with Gasteiger partial charge in [-0.3, -0.25) is 0 Å². The van der Waals surface area contributed by atoms with Gasteiger partial charge in [0.15, 0.2) is 0 Å². The molecule has 0 aliphatic carbocycles. The van der Waals surface area contributed by atoms with Crippen molar-refractivity contribution in [2.24, 2.45) is 4.99 Å². The highest BCUT2D eigenvalue weighted by atomic mass is 16.2. The Labute approximate surface area is 107 Å². The lowest BCUT2D eigenvalue weighted by molar-refractivity contribution is 0.219. The minimum Gasteiger partial charge on any atom is -0.316 e. The molecule has 1 aliphatic rings. The van der Waals surface area contributed by atoms with Crippen LogP contribution >= 0.6 is 0 Å². The van der Waals surface area contributed by atoms with Crippen LogP contribution in [0.25, 0.3) is 6.08 Å². The fourth-order valence-corrected chi connectivity index (χ4v) is 1.78. The van der Waals surface area contributed by atoms with Crippen molar-refractivity contribution in [2.75, 3.05) is 19.6 Å². The normalized spacial score (nSPS) is 14.2. The molecule has 0 radical (unpaired) electrons. The number of benzene rings is 1. The summed E-state index contributed by atoms with van der Waals surface area (Å²) >= 11 is 0. The van der Waals surface area contributed by atoms with Gasteiger partial charge in [-0.15, -0.1) is 0 Å². The summed E-state index contributed by atoms with van der Waals surface area (Å²) in [6.07, 6.45) is 3.48. The summed E-state index contributed by atoms with van der Waals surface area (Å²) in [5.41, 5.74) is 2.35. The third-order valence-corrected chi connectivity index (χ3v) is 2.88. The highest BCUT2D eigenvalue weighted by molar-refractivity contribution is 5.90. The SMILES string of the molecule is C=Cc1ccc(CNCCN2CC=NC2=O)cc1. The maximum atomic E-state index is 11.2. The zero-order chi connectivity index (χ0) is 12.8. The van der Waals surface area contributed by atoms with Crippen LogP contribution in [0, 0.1) is 0 Å². The van der Waals surface area contributed by atoms with E-state index in [9.17, 15) is 4.79 Å². The Bertz CT molecular complexity index is 451. The Morgan fingerprint density at radius 1 is 1.39 bits per heavy atom. The molecule has 0 aromatic heterocycles. The third kappa shape index (κ3) is 3.28. The van der Waals surface area contributed by atoms with Crippen LogP contribution < -0.4 is 5.32 Å². The highest BCUT2D eigenvalue weighted by Gasteiger charge is 2.14. The second kappa shape index (κ2) is 6.12. The Balaban J connectivity index is 1.68. The Morgan fingerprint density at radius 3 is 2.78 bits per heavy atom. The smallest absolute Gasteiger partial charge is 0.316 e. The van der Waals surface area contributed by atoms with E-state index >= 15 is 0 Å². The number of hydrogen-bond acceptors (Lipinski definition) is 2. The van der Waals surface area contributed by atoms with Gasteiger partial charge in [0.05, 0.1) is 6.54 Å². The molecule has 2 amide bonds. The van der Waals surface area contributed by atoms with E-state index in [1.807, 2.05) is 18.2 Å². The first kappa shape index (κ1) is 12.5. The van der Waals surface area contributed by atoms with Gasteiger partial charge in [-0.25, -0.2) is 9.79 Å². The summed E-state index contributed by atoms with van der Waals surface area (Å²) in [4.78, 5) is 16.6. The Hall–Kier alpha value is -1.94. The molecule has 4 heteroatoms. The summed E-state index contributed by atoms with van der Waals surface area (Å²) in [7, 11) is 0. The van der Waals surface area contributed by atoms with E-state index < -0.39 is 0 Å². The lowest BCUT2D eigenvalue weighted by Gasteiger charge is -2.14. The first-order valence-electron chi connectivity index (χ1n) is 6.03. The van der Waals surface area contributed by atoms with Crippen LogP contribution in [0.2, 0.25) is 0 Å². The second-order valence-electron chi connectivity index (χ2n) is 4.16. The molecule has 0 saturated heterocycles. The van der Waals surface area contributed by atoms with Gasteiger partial charge < -0.3 is 10.2 Å². The van der Waals surface area contributed by atoms with Gasteiger partial charge in [-0.2, -0.15) is 0 Å². The zero-order valence-corrected chi connectivity index (χ0v) is 10.3. The Morgan fingerprint density at radius 2 is 2.17 bits per heavy atom. The number of amides is 2. The highest BCUT2D eigenvalue weighted by Crippen LogP contribution is 2.05. The van der Waals surface area contributed by atoms with Crippen LogP contribution in [-0.2, 0) is 6.54 Å². The quantitative estimate of drug-likeness (QED) is 0.776. The standard InChI is InChI=1S/C14H17N3O/c1-2-12-3-5-13(6-4-12)11-15-7-9-17-10-8-16-14(17)18/h2-6,8,15H,1,7,9-11H2. The largest absolute Gasteiger partial charge is 0.343 e. The van der Waals surface area contributed by atoms with Crippen LogP contribution in [0.1, 0.15) is 11.1 Å². The molecule has 18 heavy (non-hydrogen) atoms. The summed E-state index contributed by atoms with van der Waals surface area (Å²) < 4.78 is 0. The molecule has 0 unspecified atom stereocenters. The minimum atomic E-state index is -0.132. The number of rotatable bonds is 6. The predicted molar refractivity (Wildman–Crippen MR) is 73.7 cm³/mol. The monoisotopic (exact) mass is 243 g/mol. The molecule has 1 aromatic carbocycles. The van der Waals surface area contributed by atoms with Gasteiger partial charge in [0, 0.05) is 25.8 Å². The number of nitrogens with zero attached hydrogens (tertiary/aromatic N) is 2. The van der Waals surface area contributed by atoms with E-state index in [-0.39, 0.29) is 6.03 Å². The van der Waals surface area contributed by atoms with Crippen LogP contribution in [0.3, 0.4) is 0 Å². The summed E-state index contributed by atoms with van der Waals surface area (Å²) in [6.45, 7) is 6.64.